The monoisotopic (exact) mass is 281 g/mol. The highest BCUT2D eigenvalue weighted by Gasteiger charge is 2.37. The second kappa shape index (κ2) is 5.61. The maximum absolute atomic E-state index is 11.8. The average Bonchev–Trinajstić information content (AvgIpc) is 2.67. The molecule has 1 unspecified atom stereocenters. The van der Waals surface area contributed by atoms with Gasteiger partial charge < -0.3 is 10.0 Å². The lowest BCUT2D eigenvalue weighted by Gasteiger charge is -2.24. The number of aliphatic carboxylic acids is 1. The van der Waals surface area contributed by atoms with Gasteiger partial charge in [0.2, 0.25) is 5.91 Å². The maximum atomic E-state index is 11.8. The first-order valence-electron chi connectivity index (χ1n) is 6.20. The summed E-state index contributed by atoms with van der Waals surface area (Å²) in [5.41, 5.74) is 1.98. The number of carboxylic acid groups (broad SMARTS) is 1. The molecule has 2 rings (SSSR count). The number of hydrogen-bond acceptors (Lipinski definition) is 2. The molecule has 2 atom stereocenters. The molecule has 1 heterocycles. The van der Waals surface area contributed by atoms with Gasteiger partial charge >= 0.3 is 5.97 Å². The Balaban J connectivity index is 2.20. The Morgan fingerprint density at radius 1 is 1.53 bits per heavy atom. The highest BCUT2D eigenvalue weighted by atomic mass is 35.5. The number of halogens is 1. The van der Waals surface area contributed by atoms with Crippen LogP contribution < -0.4 is 0 Å². The van der Waals surface area contributed by atoms with Gasteiger partial charge in [-0.2, -0.15) is 0 Å². The van der Waals surface area contributed by atoms with E-state index in [9.17, 15) is 14.7 Å². The Morgan fingerprint density at radius 2 is 2.21 bits per heavy atom. The van der Waals surface area contributed by atoms with Gasteiger partial charge in [-0.3, -0.25) is 4.79 Å². The third-order valence-electron chi connectivity index (χ3n) is 3.45. The SMILES string of the molecule is Cc1ccccc1C[C@@H](C(=O)O)N1CC(Cl)CC1=O. The van der Waals surface area contributed by atoms with E-state index in [-0.39, 0.29) is 17.7 Å². The number of likely N-dealkylation sites (tertiary alicyclic amines) is 1. The molecule has 1 N–H and O–H groups in total. The van der Waals surface area contributed by atoms with Crippen LogP contribution in [0.1, 0.15) is 17.5 Å². The van der Waals surface area contributed by atoms with Crippen LogP contribution in [0.25, 0.3) is 0 Å². The molecule has 0 bridgehead atoms. The molecule has 1 aliphatic heterocycles. The molecule has 1 amide bonds. The summed E-state index contributed by atoms with van der Waals surface area (Å²) in [7, 11) is 0. The number of nitrogens with zero attached hydrogens (tertiary/aromatic N) is 1. The molecule has 0 aromatic heterocycles. The summed E-state index contributed by atoms with van der Waals surface area (Å²) in [5.74, 6) is -1.16. The highest BCUT2D eigenvalue weighted by molar-refractivity contribution is 6.22. The van der Waals surface area contributed by atoms with E-state index in [1.54, 1.807) is 0 Å². The van der Waals surface area contributed by atoms with Crippen molar-refractivity contribution in [2.24, 2.45) is 0 Å². The van der Waals surface area contributed by atoms with Gasteiger partial charge in [-0.25, -0.2) is 4.79 Å². The quantitative estimate of drug-likeness (QED) is 0.857. The predicted molar refractivity (Wildman–Crippen MR) is 72.3 cm³/mol. The van der Waals surface area contributed by atoms with Crippen LogP contribution in [-0.4, -0.2) is 39.8 Å². The number of rotatable bonds is 4. The standard InChI is InChI=1S/C14H16ClNO3/c1-9-4-2-3-5-10(9)6-12(14(18)19)16-8-11(15)7-13(16)17/h2-5,11-12H,6-8H2,1H3,(H,18,19)/t11?,12-/m0/s1. The van der Waals surface area contributed by atoms with E-state index < -0.39 is 12.0 Å². The molecule has 1 aliphatic rings. The van der Waals surface area contributed by atoms with Gasteiger partial charge in [0.05, 0.1) is 5.38 Å². The molecule has 1 saturated heterocycles. The fraction of sp³-hybridized carbons (Fsp3) is 0.429. The van der Waals surface area contributed by atoms with E-state index in [1.807, 2.05) is 31.2 Å². The van der Waals surface area contributed by atoms with Crippen molar-refractivity contribution in [3.63, 3.8) is 0 Å². The number of amides is 1. The van der Waals surface area contributed by atoms with Crippen molar-refractivity contribution >= 4 is 23.5 Å². The lowest BCUT2D eigenvalue weighted by atomic mass is 10.0. The van der Waals surface area contributed by atoms with E-state index in [4.69, 9.17) is 11.6 Å². The summed E-state index contributed by atoms with van der Waals surface area (Å²) >= 11 is 5.93. The minimum Gasteiger partial charge on any atom is -0.480 e. The van der Waals surface area contributed by atoms with Gasteiger partial charge in [0.25, 0.3) is 0 Å². The maximum Gasteiger partial charge on any atom is 0.326 e. The zero-order valence-corrected chi connectivity index (χ0v) is 11.4. The summed E-state index contributed by atoms with van der Waals surface area (Å²) in [4.78, 5) is 24.6. The van der Waals surface area contributed by atoms with Crippen molar-refractivity contribution in [3.05, 3.63) is 35.4 Å². The number of alkyl halides is 1. The molecular weight excluding hydrogens is 266 g/mol. The van der Waals surface area contributed by atoms with Gasteiger partial charge in [-0.05, 0) is 18.1 Å². The molecule has 1 fully saturated rings. The van der Waals surface area contributed by atoms with Crippen LogP contribution in [0.15, 0.2) is 24.3 Å². The van der Waals surface area contributed by atoms with E-state index in [0.717, 1.165) is 11.1 Å². The minimum atomic E-state index is -0.984. The molecule has 1 aromatic carbocycles. The van der Waals surface area contributed by atoms with Crippen molar-refractivity contribution in [1.29, 1.82) is 0 Å². The third-order valence-corrected chi connectivity index (χ3v) is 3.74. The van der Waals surface area contributed by atoms with Crippen LogP contribution in [0.3, 0.4) is 0 Å². The molecule has 4 nitrogen and oxygen atoms in total. The minimum absolute atomic E-state index is 0.180. The Labute approximate surface area is 117 Å². The molecule has 19 heavy (non-hydrogen) atoms. The van der Waals surface area contributed by atoms with E-state index in [1.165, 1.54) is 4.90 Å². The highest BCUT2D eigenvalue weighted by Crippen LogP contribution is 2.22. The van der Waals surface area contributed by atoms with Crippen molar-refractivity contribution < 1.29 is 14.7 Å². The molecule has 102 valence electrons. The van der Waals surface area contributed by atoms with Gasteiger partial charge in [0.1, 0.15) is 6.04 Å². The van der Waals surface area contributed by atoms with E-state index >= 15 is 0 Å². The zero-order valence-electron chi connectivity index (χ0n) is 10.7. The van der Waals surface area contributed by atoms with E-state index in [0.29, 0.717) is 13.0 Å². The van der Waals surface area contributed by atoms with Crippen LogP contribution in [0.4, 0.5) is 0 Å². The van der Waals surface area contributed by atoms with Gasteiger partial charge in [0.15, 0.2) is 0 Å². The number of carboxylic acids is 1. The van der Waals surface area contributed by atoms with Crippen LogP contribution in [0.5, 0.6) is 0 Å². The molecule has 0 radical (unpaired) electrons. The summed E-state index contributed by atoms with van der Waals surface area (Å²) in [6.45, 7) is 2.24. The van der Waals surface area contributed by atoms with Gasteiger partial charge in [-0.15, -0.1) is 11.6 Å². The Morgan fingerprint density at radius 3 is 2.74 bits per heavy atom. The molecule has 0 spiro atoms. The van der Waals surface area contributed by atoms with E-state index in [2.05, 4.69) is 0 Å². The first kappa shape index (κ1) is 13.9. The van der Waals surface area contributed by atoms with Crippen LogP contribution in [0, 0.1) is 6.92 Å². The summed E-state index contributed by atoms with van der Waals surface area (Å²) < 4.78 is 0. The second-order valence-electron chi connectivity index (χ2n) is 4.83. The number of carbonyl (C=O) groups excluding carboxylic acids is 1. The van der Waals surface area contributed by atoms with Crippen molar-refractivity contribution in [3.8, 4) is 0 Å². The first-order valence-corrected chi connectivity index (χ1v) is 6.63. The molecule has 5 heteroatoms. The Bertz CT molecular complexity index is 503. The fourth-order valence-electron chi connectivity index (χ4n) is 2.37. The Hall–Kier alpha value is -1.55. The largest absolute Gasteiger partial charge is 0.480 e. The summed E-state index contributed by atoms with van der Waals surface area (Å²) in [6, 6.07) is 6.77. The predicted octanol–water partition coefficient (Wildman–Crippen LogP) is 1.83. The van der Waals surface area contributed by atoms with Crippen LogP contribution in [0.2, 0.25) is 0 Å². The zero-order chi connectivity index (χ0) is 14.0. The van der Waals surface area contributed by atoms with Crippen LogP contribution in [-0.2, 0) is 16.0 Å². The van der Waals surface area contributed by atoms with Crippen LogP contribution >= 0.6 is 11.6 Å². The Kier molecular flexibility index (Phi) is 4.10. The third kappa shape index (κ3) is 3.07. The summed E-state index contributed by atoms with van der Waals surface area (Å²) in [5, 5.41) is 9.07. The number of benzene rings is 1. The molecule has 0 saturated carbocycles. The fourth-order valence-corrected chi connectivity index (χ4v) is 2.65. The molecular formula is C14H16ClNO3. The number of carbonyl (C=O) groups is 2. The second-order valence-corrected chi connectivity index (χ2v) is 5.45. The van der Waals surface area contributed by atoms with Crippen molar-refractivity contribution in [1.82, 2.24) is 4.90 Å². The average molecular weight is 282 g/mol. The molecule has 1 aromatic rings. The topological polar surface area (TPSA) is 57.6 Å². The van der Waals surface area contributed by atoms with Gasteiger partial charge in [0, 0.05) is 19.4 Å². The number of aryl methyl sites for hydroxylation is 1. The smallest absolute Gasteiger partial charge is 0.326 e. The molecule has 0 aliphatic carbocycles. The van der Waals surface area contributed by atoms with Crippen molar-refractivity contribution in [2.45, 2.75) is 31.2 Å². The van der Waals surface area contributed by atoms with Crippen molar-refractivity contribution in [2.75, 3.05) is 6.54 Å². The lowest BCUT2D eigenvalue weighted by Crippen LogP contribution is -2.43. The normalized spacial score (nSPS) is 20.6. The number of hydrogen-bond donors (Lipinski definition) is 1. The first-order chi connectivity index (χ1) is 8.99. The summed E-state index contributed by atoms with van der Waals surface area (Å²) in [6.07, 6.45) is 0.538. The van der Waals surface area contributed by atoms with Gasteiger partial charge in [-0.1, -0.05) is 24.3 Å². The lowest BCUT2D eigenvalue weighted by molar-refractivity contribution is -0.148.